The molecule has 0 bridgehead atoms. The lowest BCUT2D eigenvalue weighted by molar-refractivity contribution is -0.142. The first-order valence-electron chi connectivity index (χ1n) is 6.86. The van der Waals surface area contributed by atoms with E-state index in [1.165, 1.54) is 23.1 Å². The molecule has 1 heterocycles. The molecule has 0 saturated carbocycles. The topological polar surface area (TPSA) is 57.6 Å². The molecule has 2 unspecified atom stereocenters. The lowest BCUT2D eigenvalue weighted by Crippen LogP contribution is -2.31. The van der Waals surface area contributed by atoms with Crippen LogP contribution in [-0.4, -0.2) is 28.4 Å². The summed E-state index contributed by atoms with van der Waals surface area (Å²) in [5.74, 6) is -2.21. The molecule has 0 spiro atoms. The maximum absolute atomic E-state index is 12.8. The number of halogens is 2. The van der Waals surface area contributed by atoms with Gasteiger partial charge in [0.15, 0.2) is 0 Å². The second-order valence-corrected chi connectivity index (χ2v) is 5.15. The third-order valence-corrected chi connectivity index (χ3v) is 3.72. The van der Waals surface area contributed by atoms with Crippen molar-refractivity contribution in [2.24, 2.45) is 5.92 Å². The first-order valence-corrected chi connectivity index (χ1v) is 6.86. The maximum Gasteiger partial charge on any atom is 0.309 e. The fourth-order valence-electron chi connectivity index (χ4n) is 2.81. The number of carbonyl (C=O) groups excluding carboxylic acids is 1. The molecule has 1 aromatic carbocycles. The number of aliphatic carboxylic acids is 1. The van der Waals surface area contributed by atoms with Gasteiger partial charge >= 0.3 is 5.97 Å². The number of carboxylic acid groups (broad SMARTS) is 1. The van der Waals surface area contributed by atoms with Crippen molar-refractivity contribution in [1.29, 1.82) is 0 Å². The number of carboxylic acids is 1. The summed E-state index contributed by atoms with van der Waals surface area (Å²) < 4.78 is 25.6. The Morgan fingerprint density at radius 1 is 1.48 bits per heavy atom. The number of benzene rings is 1. The van der Waals surface area contributed by atoms with Gasteiger partial charge in [-0.05, 0) is 18.1 Å². The normalized spacial score (nSPS) is 22.1. The number of nitrogens with zero attached hydrogens (tertiary/aromatic N) is 1. The van der Waals surface area contributed by atoms with E-state index in [2.05, 4.69) is 0 Å². The van der Waals surface area contributed by atoms with Crippen LogP contribution in [-0.2, 0) is 9.59 Å². The Morgan fingerprint density at radius 2 is 2.19 bits per heavy atom. The maximum atomic E-state index is 12.8. The highest BCUT2D eigenvalue weighted by Gasteiger charge is 2.44. The fourth-order valence-corrected chi connectivity index (χ4v) is 2.81. The van der Waals surface area contributed by atoms with Crippen molar-refractivity contribution >= 4 is 11.9 Å². The predicted octanol–water partition coefficient (Wildman–Crippen LogP) is 3.01. The van der Waals surface area contributed by atoms with Gasteiger partial charge in [0.25, 0.3) is 6.43 Å². The molecule has 6 heteroatoms. The van der Waals surface area contributed by atoms with E-state index < -0.39 is 24.4 Å². The Kier molecular flexibility index (Phi) is 4.55. The minimum atomic E-state index is -2.62. The van der Waals surface area contributed by atoms with Crippen LogP contribution in [0.3, 0.4) is 0 Å². The van der Waals surface area contributed by atoms with E-state index >= 15 is 0 Å². The third kappa shape index (κ3) is 3.04. The molecule has 1 amide bonds. The average Bonchev–Trinajstić information content (AvgIpc) is 2.77. The molecule has 1 fully saturated rings. The summed E-state index contributed by atoms with van der Waals surface area (Å²) in [6, 6.07) is 5.00. The Morgan fingerprint density at radius 3 is 2.76 bits per heavy atom. The molecule has 114 valence electrons. The Hall–Kier alpha value is -1.98. The molecule has 0 radical (unpaired) electrons. The van der Waals surface area contributed by atoms with Crippen molar-refractivity contribution in [3.63, 3.8) is 0 Å². The van der Waals surface area contributed by atoms with E-state index in [9.17, 15) is 23.5 Å². The van der Waals surface area contributed by atoms with Gasteiger partial charge in [-0.15, -0.1) is 0 Å². The van der Waals surface area contributed by atoms with Crippen molar-refractivity contribution in [2.45, 2.75) is 32.2 Å². The van der Waals surface area contributed by atoms with Gasteiger partial charge in [0.2, 0.25) is 5.91 Å². The summed E-state index contributed by atoms with van der Waals surface area (Å²) in [5, 5.41) is 9.30. The Balaban J connectivity index is 2.42. The standard InChI is InChI=1S/C15H17F2NO3/c1-2-6-18-12(19)8-11(15(20)21)13(18)9-4-3-5-10(7-9)14(16)17/h3-5,7,11,13-14H,2,6,8H2,1H3,(H,20,21). The van der Waals surface area contributed by atoms with Crippen LogP contribution in [0, 0.1) is 5.92 Å². The highest BCUT2D eigenvalue weighted by atomic mass is 19.3. The molecule has 1 N–H and O–H groups in total. The van der Waals surface area contributed by atoms with Crippen LogP contribution < -0.4 is 0 Å². The van der Waals surface area contributed by atoms with Gasteiger partial charge in [-0.3, -0.25) is 9.59 Å². The molecule has 21 heavy (non-hydrogen) atoms. The van der Waals surface area contributed by atoms with Gasteiger partial charge in [-0.25, -0.2) is 8.78 Å². The second-order valence-electron chi connectivity index (χ2n) is 5.15. The van der Waals surface area contributed by atoms with Crippen LogP contribution in [0.15, 0.2) is 24.3 Å². The molecule has 0 aromatic heterocycles. The molecular weight excluding hydrogens is 280 g/mol. The fraction of sp³-hybridized carbons (Fsp3) is 0.467. The number of hydrogen-bond donors (Lipinski definition) is 1. The summed E-state index contributed by atoms with van der Waals surface area (Å²) in [4.78, 5) is 24.9. The number of alkyl halides is 2. The van der Waals surface area contributed by atoms with Gasteiger partial charge in [0.1, 0.15) is 0 Å². The number of amides is 1. The molecule has 2 rings (SSSR count). The van der Waals surface area contributed by atoms with Gasteiger partial charge in [0.05, 0.1) is 12.0 Å². The smallest absolute Gasteiger partial charge is 0.309 e. The largest absolute Gasteiger partial charge is 0.481 e. The molecule has 1 aliphatic rings. The number of carbonyl (C=O) groups is 2. The molecule has 1 aromatic rings. The van der Waals surface area contributed by atoms with Crippen LogP contribution in [0.1, 0.15) is 43.4 Å². The van der Waals surface area contributed by atoms with Crippen LogP contribution in [0.2, 0.25) is 0 Å². The predicted molar refractivity (Wildman–Crippen MR) is 71.9 cm³/mol. The van der Waals surface area contributed by atoms with Crippen molar-refractivity contribution < 1.29 is 23.5 Å². The van der Waals surface area contributed by atoms with Crippen LogP contribution >= 0.6 is 0 Å². The minimum absolute atomic E-state index is 0.0844. The number of hydrogen-bond acceptors (Lipinski definition) is 2. The van der Waals surface area contributed by atoms with Crippen molar-refractivity contribution in [2.75, 3.05) is 6.54 Å². The summed E-state index contributed by atoms with van der Waals surface area (Å²) in [6.07, 6.45) is -2.02. The second kappa shape index (κ2) is 6.20. The summed E-state index contributed by atoms with van der Waals surface area (Å²) in [5.41, 5.74) is 0.298. The minimum Gasteiger partial charge on any atom is -0.481 e. The van der Waals surface area contributed by atoms with Crippen LogP contribution in [0.25, 0.3) is 0 Å². The zero-order valence-electron chi connectivity index (χ0n) is 11.6. The molecule has 0 aliphatic carbocycles. The highest BCUT2D eigenvalue weighted by Crippen LogP contribution is 2.39. The van der Waals surface area contributed by atoms with Crippen LogP contribution in [0.5, 0.6) is 0 Å². The van der Waals surface area contributed by atoms with E-state index in [-0.39, 0.29) is 17.9 Å². The first kappa shape index (κ1) is 15.4. The zero-order valence-corrected chi connectivity index (χ0v) is 11.6. The number of rotatable bonds is 5. The number of likely N-dealkylation sites (tertiary alicyclic amines) is 1. The van der Waals surface area contributed by atoms with Gasteiger partial charge in [0, 0.05) is 18.5 Å². The van der Waals surface area contributed by atoms with Gasteiger partial charge in [-0.2, -0.15) is 0 Å². The van der Waals surface area contributed by atoms with Crippen molar-refractivity contribution in [1.82, 2.24) is 4.90 Å². The Labute approximate surface area is 121 Å². The van der Waals surface area contributed by atoms with Crippen LogP contribution in [0.4, 0.5) is 8.78 Å². The summed E-state index contributed by atoms with van der Waals surface area (Å²) in [7, 11) is 0. The molecule has 2 atom stereocenters. The first-order chi connectivity index (χ1) is 9.95. The SMILES string of the molecule is CCCN1C(=O)CC(C(=O)O)C1c1cccc(C(F)F)c1. The zero-order chi connectivity index (χ0) is 15.6. The van der Waals surface area contributed by atoms with Gasteiger partial charge < -0.3 is 10.0 Å². The summed E-state index contributed by atoms with van der Waals surface area (Å²) >= 11 is 0. The lowest BCUT2D eigenvalue weighted by atomic mass is 9.92. The van der Waals surface area contributed by atoms with E-state index in [1.54, 1.807) is 6.07 Å². The average molecular weight is 297 g/mol. The quantitative estimate of drug-likeness (QED) is 0.909. The van der Waals surface area contributed by atoms with E-state index in [0.29, 0.717) is 18.5 Å². The van der Waals surface area contributed by atoms with Crippen molar-refractivity contribution in [3.05, 3.63) is 35.4 Å². The van der Waals surface area contributed by atoms with Gasteiger partial charge in [-0.1, -0.05) is 25.1 Å². The molecular formula is C15H17F2NO3. The summed E-state index contributed by atoms with van der Waals surface area (Å²) in [6.45, 7) is 2.31. The lowest BCUT2D eigenvalue weighted by Gasteiger charge is -2.27. The highest BCUT2D eigenvalue weighted by molar-refractivity contribution is 5.87. The molecule has 4 nitrogen and oxygen atoms in total. The van der Waals surface area contributed by atoms with E-state index in [1.807, 2.05) is 6.92 Å². The van der Waals surface area contributed by atoms with E-state index in [0.717, 1.165) is 0 Å². The van der Waals surface area contributed by atoms with E-state index in [4.69, 9.17) is 0 Å². The molecule has 1 aliphatic heterocycles. The molecule has 1 saturated heterocycles. The van der Waals surface area contributed by atoms with Crippen molar-refractivity contribution in [3.8, 4) is 0 Å². The third-order valence-electron chi connectivity index (χ3n) is 3.72. The Bertz CT molecular complexity index is 547. The monoisotopic (exact) mass is 297 g/mol.